The Morgan fingerprint density at radius 3 is 2.75 bits per heavy atom. The van der Waals surface area contributed by atoms with E-state index in [1.807, 2.05) is 32.4 Å². The third-order valence-electron chi connectivity index (χ3n) is 3.85. The molecule has 5 nitrogen and oxygen atoms in total. The summed E-state index contributed by atoms with van der Waals surface area (Å²) in [5, 5.41) is 10.9. The van der Waals surface area contributed by atoms with Gasteiger partial charge in [0.05, 0.1) is 11.6 Å². The van der Waals surface area contributed by atoms with Crippen LogP contribution in [0.15, 0.2) is 48.1 Å². The Hall–Kier alpha value is -2.73. The highest BCUT2D eigenvalue weighted by molar-refractivity contribution is 7.17. The van der Waals surface area contributed by atoms with E-state index in [0.717, 1.165) is 27.4 Å². The van der Waals surface area contributed by atoms with Gasteiger partial charge in [-0.3, -0.25) is 4.68 Å². The van der Waals surface area contributed by atoms with E-state index in [-0.39, 0.29) is 0 Å². The number of fused-ring (bicyclic) bond motifs is 1. The zero-order chi connectivity index (χ0) is 16.5. The predicted octanol–water partition coefficient (Wildman–Crippen LogP) is 4.01. The number of nitrogens with one attached hydrogen (secondary N) is 1. The molecule has 0 saturated carbocycles. The summed E-state index contributed by atoms with van der Waals surface area (Å²) in [4.78, 5) is 10.2. The molecule has 0 saturated heterocycles. The lowest BCUT2D eigenvalue weighted by molar-refractivity contribution is 0.767. The Bertz CT molecular complexity index is 987. The van der Waals surface area contributed by atoms with Crippen LogP contribution < -0.4 is 5.32 Å². The van der Waals surface area contributed by atoms with E-state index in [4.69, 9.17) is 0 Å². The number of thiophene rings is 1. The molecule has 0 amide bonds. The first-order chi connectivity index (χ1) is 11.7. The smallest absolute Gasteiger partial charge is 0.139 e. The molecule has 0 atom stereocenters. The first kappa shape index (κ1) is 14.8. The van der Waals surface area contributed by atoms with Gasteiger partial charge >= 0.3 is 0 Å². The minimum Gasteiger partial charge on any atom is -0.365 e. The van der Waals surface area contributed by atoms with Gasteiger partial charge in [-0.1, -0.05) is 30.3 Å². The van der Waals surface area contributed by atoms with Crippen LogP contribution in [0.25, 0.3) is 21.3 Å². The number of benzene rings is 1. The molecule has 6 heteroatoms. The van der Waals surface area contributed by atoms with Crippen LogP contribution in [0, 0.1) is 6.92 Å². The molecule has 4 rings (SSSR count). The number of anilines is 1. The second-order valence-corrected chi connectivity index (χ2v) is 6.55. The maximum atomic E-state index is 4.64. The fourth-order valence-corrected chi connectivity index (χ4v) is 3.75. The zero-order valence-corrected chi connectivity index (χ0v) is 14.3. The second kappa shape index (κ2) is 6.05. The molecule has 24 heavy (non-hydrogen) atoms. The summed E-state index contributed by atoms with van der Waals surface area (Å²) >= 11 is 1.66. The predicted molar refractivity (Wildman–Crippen MR) is 98.1 cm³/mol. The largest absolute Gasteiger partial charge is 0.365 e. The van der Waals surface area contributed by atoms with Gasteiger partial charge in [0.2, 0.25) is 0 Å². The highest BCUT2D eigenvalue weighted by Crippen LogP contribution is 2.36. The van der Waals surface area contributed by atoms with Crippen LogP contribution in [-0.2, 0) is 13.6 Å². The molecule has 0 aliphatic heterocycles. The number of aromatic nitrogens is 4. The average molecular weight is 335 g/mol. The summed E-state index contributed by atoms with van der Waals surface area (Å²) in [6, 6.07) is 10.4. The summed E-state index contributed by atoms with van der Waals surface area (Å²) in [5.41, 5.74) is 3.48. The Morgan fingerprint density at radius 1 is 1.17 bits per heavy atom. The molecule has 0 aliphatic carbocycles. The van der Waals surface area contributed by atoms with E-state index >= 15 is 0 Å². The van der Waals surface area contributed by atoms with Crippen molar-refractivity contribution >= 4 is 27.4 Å². The molecule has 4 aromatic rings. The third-order valence-corrected chi connectivity index (χ3v) is 4.72. The van der Waals surface area contributed by atoms with Gasteiger partial charge in [0.25, 0.3) is 0 Å². The summed E-state index contributed by atoms with van der Waals surface area (Å²) < 4.78 is 1.80. The van der Waals surface area contributed by atoms with Crippen molar-refractivity contribution in [3.63, 3.8) is 0 Å². The molecule has 1 aromatic carbocycles. The molecule has 1 N–H and O–H groups in total. The Labute approximate surface area is 144 Å². The fourth-order valence-electron chi connectivity index (χ4n) is 2.76. The Morgan fingerprint density at radius 2 is 2.00 bits per heavy atom. The zero-order valence-electron chi connectivity index (χ0n) is 13.5. The van der Waals surface area contributed by atoms with Gasteiger partial charge in [-0.15, -0.1) is 11.3 Å². The minimum atomic E-state index is 0.684. The van der Waals surface area contributed by atoms with Gasteiger partial charge in [-0.2, -0.15) is 5.10 Å². The van der Waals surface area contributed by atoms with Gasteiger partial charge in [-0.25, -0.2) is 9.97 Å². The molecule has 0 aliphatic rings. The van der Waals surface area contributed by atoms with Gasteiger partial charge in [0.15, 0.2) is 0 Å². The first-order valence-corrected chi connectivity index (χ1v) is 8.61. The van der Waals surface area contributed by atoms with Crippen molar-refractivity contribution in [2.45, 2.75) is 13.5 Å². The van der Waals surface area contributed by atoms with E-state index < -0.39 is 0 Å². The normalized spacial score (nSPS) is 11.1. The number of aryl methyl sites for hydroxylation is 2. The van der Waals surface area contributed by atoms with Gasteiger partial charge in [-0.05, 0) is 12.5 Å². The van der Waals surface area contributed by atoms with E-state index in [1.165, 1.54) is 11.1 Å². The van der Waals surface area contributed by atoms with E-state index in [2.05, 4.69) is 50.0 Å². The molecule has 0 fully saturated rings. The van der Waals surface area contributed by atoms with Crippen LogP contribution in [0.5, 0.6) is 0 Å². The van der Waals surface area contributed by atoms with Crippen LogP contribution >= 0.6 is 11.3 Å². The molecular formula is C18H17N5S. The van der Waals surface area contributed by atoms with Gasteiger partial charge in [0.1, 0.15) is 16.5 Å². The molecule has 3 aromatic heterocycles. The van der Waals surface area contributed by atoms with Gasteiger partial charge < -0.3 is 5.32 Å². The van der Waals surface area contributed by atoms with E-state index in [9.17, 15) is 0 Å². The molecule has 0 bridgehead atoms. The standard InChI is InChI=1S/C18H17N5S/c1-12-21-17(19-8-13-9-20-23(2)10-13)16-15(11-24-18(16)22-12)14-6-4-3-5-7-14/h3-7,9-11H,8H2,1-2H3,(H,19,21,22). The van der Waals surface area contributed by atoms with Crippen LogP contribution in [0.3, 0.4) is 0 Å². The maximum absolute atomic E-state index is 4.64. The van der Waals surface area contributed by atoms with Crippen molar-refractivity contribution in [3.8, 4) is 11.1 Å². The van der Waals surface area contributed by atoms with Crippen LogP contribution in [0.1, 0.15) is 11.4 Å². The maximum Gasteiger partial charge on any atom is 0.139 e. The van der Waals surface area contributed by atoms with Crippen molar-refractivity contribution in [2.75, 3.05) is 5.32 Å². The molecule has 120 valence electrons. The van der Waals surface area contributed by atoms with E-state index in [0.29, 0.717) is 6.54 Å². The van der Waals surface area contributed by atoms with Crippen LogP contribution in [0.2, 0.25) is 0 Å². The molecule has 0 unspecified atom stereocenters. The lowest BCUT2D eigenvalue weighted by atomic mass is 10.1. The highest BCUT2D eigenvalue weighted by Gasteiger charge is 2.14. The molecule has 0 radical (unpaired) electrons. The first-order valence-electron chi connectivity index (χ1n) is 7.73. The summed E-state index contributed by atoms with van der Waals surface area (Å²) in [6.45, 7) is 2.61. The van der Waals surface area contributed by atoms with Crippen molar-refractivity contribution in [2.24, 2.45) is 7.05 Å². The summed E-state index contributed by atoms with van der Waals surface area (Å²) in [7, 11) is 1.92. The van der Waals surface area contributed by atoms with Gasteiger partial charge in [0, 0.05) is 36.3 Å². The topological polar surface area (TPSA) is 55.6 Å². The number of hydrogen-bond acceptors (Lipinski definition) is 5. The second-order valence-electron chi connectivity index (χ2n) is 5.69. The van der Waals surface area contributed by atoms with Crippen molar-refractivity contribution in [1.82, 2.24) is 19.7 Å². The fraction of sp³-hybridized carbons (Fsp3) is 0.167. The minimum absolute atomic E-state index is 0.684. The number of nitrogens with zero attached hydrogens (tertiary/aromatic N) is 4. The SMILES string of the molecule is Cc1nc(NCc2cnn(C)c2)c2c(-c3ccccc3)csc2n1. The lowest BCUT2D eigenvalue weighted by Crippen LogP contribution is -2.03. The summed E-state index contributed by atoms with van der Waals surface area (Å²) in [5.74, 6) is 1.65. The van der Waals surface area contributed by atoms with Crippen LogP contribution in [0.4, 0.5) is 5.82 Å². The lowest BCUT2D eigenvalue weighted by Gasteiger charge is -2.09. The quantitative estimate of drug-likeness (QED) is 0.612. The van der Waals surface area contributed by atoms with Crippen LogP contribution in [-0.4, -0.2) is 19.7 Å². The van der Waals surface area contributed by atoms with E-state index in [1.54, 1.807) is 16.0 Å². The van der Waals surface area contributed by atoms with Crippen molar-refractivity contribution in [1.29, 1.82) is 0 Å². The molecule has 3 heterocycles. The average Bonchev–Trinajstić information content (AvgIpc) is 3.19. The number of hydrogen-bond donors (Lipinski definition) is 1. The Kier molecular flexibility index (Phi) is 3.74. The highest BCUT2D eigenvalue weighted by atomic mass is 32.1. The molecule has 0 spiro atoms. The number of rotatable bonds is 4. The summed E-state index contributed by atoms with van der Waals surface area (Å²) in [6.07, 6.45) is 3.87. The monoisotopic (exact) mass is 335 g/mol. The Balaban J connectivity index is 1.77. The van der Waals surface area contributed by atoms with Crippen molar-refractivity contribution in [3.05, 3.63) is 59.5 Å². The third kappa shape index (κ3) is 2.76. The van der Waals surface area contributed by atoms with Crippen molar-refractivity contribution < 1.29 is 0 Å². The molecular weight excluding hydrogens is 318 g/mol.